The van der Waals surface area contributed by atoms with Crippen molar-refractivity contribution in [3.63, 3.8) is 0 Å². The maximum Gasteiger partial charge on any atom is 0.142 e. The Morgan fingerprint density at radius 2 is 1.80 bits per heavy atom. The number of benzene rings is 2. The van der Waals surface area contributed by atoms with Crippen LogP contribution in [0.1, 0.15) is 30.0 Å². The van der Waals surface area contributed by atoms with E-state index in [0.29, 0.717) is 0 Å². The summed E-state index contributed by atoms with van der Waals surface area (Å²) in [5.74, 6) is 0.929. The number of aryl methyl sites for hydroxylation is 2. The normalized spacial score (nSPS) is 10.3. The highest BCUT2D eigenvalue weighted by Gasteiger charge is 2.03. The van der Waals surface area contributed by atoms with Crippen LogP contribution in [0.5, 0.6) is 5.75 Å². The molecule has 0 unspecified atom stereocenters. The van der Waals surface area contributed by atoms with Crippen LogP contribution < -0.4 is 10.1 Å². The van der Waals surface area contributed by atoms with Gasteiger partial charge in [0.25, 0.3) is 0 Å². The van der Waals surface area contributed by atoms with Crippen LogP contribution in [0.4, 0.5) is 5.69 Å². The second-order valence-electron chi connectivity index (χ2n) is 5.12. The third kappa shape index (κ3) is 3.77. The number of nitrogens with one attached hydrogen (secondary N) is 1. The lowest BCUT2D eigenvalue weighted by Gasteiger charge is -2.13. The number of rotatable bonds is 6. The number of ether oxygens (including phenoxy) is 1. The van der Waals surface area contributed by atoms with E-state index in [2.05, 4.69) is 50.4 Å². The smallest absolute Gasteiger partial charge is 0.142 e. The first-order chi connectivity index (χ1) is 9.70. The van der Waals surface area contributed by atoms with Crippen LogP contribution in [0.15, 0.2) is 42.5 Å². The van der Waals surface area contributed by atoms with Gasteiger partial charge in [0.2, 0.25) is 0 Å². The van der Waals surface area contributed by atoms with Crippen molar-refractivity contribution in [2.45, 2.75) is 33.7 Å². The third-order valence-electron chi connectivity index (χ3n) is 3.40. The monoisotopic (exact) mass is 269 g/mol. The zero-order chi connectivity index (χ0) is 14.4. The molecule has 2 heteroatoms. The van der Waals surface area contributed by atoms with Gasteiger partial charge in [-0.2, -0.15) is 0 Å². The quantitative estimate of drug-likeness (QED) is 0.820. The van der Waals surface area contributed by atoms with E-state index in [4.69, 9.17) is 4.74 Å². The van der Waals surface area contributed by atoms with Gasteiger partial charge >= 0.3 is 0 Å². The summed E-state index contributed by atoms with van der Waals surface area (Å²) < 4.78 is 5.76. The maximum absolute atomic E-state index is 5.76. The molecule has 0 heterocycles. The minimum absolute atomic E-state index is 0.752. The summed E-state index contributed by atoms with van der Waals surface area (Å²) in [5, 5.41) is 3.46. The van der Waals surface area contributed by atoms with Gasteiger partial charge in [0, 0.05) is 6.54 Å². The second-order valence-corrected chi connectivity index (χ2v) is 5.12. The molecule has 0 aliphatic carbocycles. The molecule has 2 aromatic carbocycles. The zero-order valence-corrected chi connectivity index (χ0v) is 12.6. The molecule has 0 radical (unpaired) electrons. The maximum atomic E-state index is 5.76. The van der Waals surface area contributed by atoms with Gasteiger partial charge in [0.15, 0.2) is 0 Å². The molecular weight excluding hydrogens is 246 g/mol. The molecule has 2 aromatic rings. The van der Waals surface area contributed by atoms with E-state index in [9.17, 15) is 0 Å². The Kier molecular flexibility index (Phi) is 5.05. The predicted octanol–water partition coefficient (Wildman–Crippen LogP) is 4.70. The number of para-hydroxylation sites is 2. The van der Waals surface area contributed by atoms with Crippen LogP contribution in [0, 0.1) is 13.8 Å². The van der Waals surface area contributed by atoms with E-state index in [1.54, 1.807) is 0 Å². The standard InChI is InChI=1S/C18H23NO/c1-4-11-20-18-8-6-5-7-17(18)19-13-16-10-9-14(2)15(3)12-16/h5-10,12,19H,4,11,13H2,1-3H3. The Bertz CT molecular complexity index is 563. The first-order valence-corrected chi connectivity index (χ1v) is 7.22. The van der Waals surface area contributed by atoms with E-state index in [0.717, 1.165) is 31.0 Å². The Morgan fingerprint density at radius 1 is 1.00 bits per heavy atom. The van der Waals surface area contributed by atoms with Crippen LogP contribution in [-0.2, 0) is 6.54 Å². The van der Waals surface area contributed by atoms with Crippen LogP contribution in [-0.4, -0.2) is 6.61 Å². The largest absolute Gasteiger partial charge is 0.491 e. The summed E-state index contributed by atoms with van der Waals surface area (Å²) in [5.41, 5.74) is 5.01. The molecule has 2 rings (SSSR count). The Hall–Kier alpha value is -1.96. The van der Waals surface area contributed by atoms with Crippen molar-refractivity contribution in [1.29, 1.82) is 0 Å². The fourth-order valence-electron chi connectivity index (χ4n) is 2.06. The molecular formula is C18H23NO. The molecule has 0 atom stereocenters. The SMILES string of the molecule is CCCOc1ccccc1NCc1ccc(C)c(C)c1. The number of anilines is 1. The average Bonchev–Trinajstić information content (AvgIpc) is 2.47. The fraction of sp³-hybridized carbons (Fsp3) is 0.333. The molecule has 0 fully saturated rings. The minimum Gasteiger partial charge on any atom is -0.491 e. The molecule has 1 N–H and O–H groups in total. The van der Waals surface area contributed by atoms with Crippen molar-refractivity contribution in [2.24, 2.45) is 0 Å². The molecule has 20 heavy (non-hydrogen) atoms. The van der Waals surface area contributed by atoms with E-state index in [1.165, 1.54) is 16.7 Å². The molecule has 0 aliphatic rings. The highest BCUT2D eigenvalue weighted by Crippen LogP contribution is 2.24. The van der Waals surface area contributed by atoms with Crippen LogP contribution in [0.25, 0.3) is 0 Å². The van der Waals surface area contributed by atoms with Crippen molar-refractivity contribution in [1.82, 2.24) is 0 Å². The summed E-state index contributed by atoms with van der Waals surface area (Å²) in [7, 11) is 0. The van der Waals surface area contributed by atoms with Gasteiger partial charge in [0.05, 0.1) is 12.3 Å². The molecule has 0 aliphatic heterocycles. The molecule has 0 aromatic heterocycles. The molecule has 0 saturated carbocycles. The topological polar surface area (TPSA) is 21.3 Å². The second kappa shape index (κ2) is 6.99. The first-order valence-electron chi connectivity index (χ1n) is 7.22. The summed E-state index contributed by atoms with van der Waals surface area (Å²) in [6, 6.07) is 14.7. The van der Waals surface area contributed by atoms with Crippen LogP contribution >= 0.6 is 0 Å². The van der Waals surface area contributed by atoms with Crippen LogP contribution in [0.3, 0.4) is 0 Å². The highest BCUT2D eigenvalue weighted by atomic mass is 16.5. The molecule has 0 bridgehead atoms. The summed E-state index contributed by atoms with van der Waals surface area (Å²) in [6.45, 7) is 7.97. The molecule has 0 amide bonds. The molecule has 106 valence electrons. The number of hydrogen-bond acceptors (Lipinski definition) is 2. The van der Waals surface area contributed by atoms with Gasteiger partial charge in [-0.05, 0) is 49.1 Å². The van der Waals surface area contributed by atoms with Gasteiger partial charge in [-0.3, -0.25) is 0 Å². The van der Waals surface area contributed by atoms with Gasteiger partial charge in [-0.25, -0.2) is 0 Å². The van der Waals surface area contributed by atoms with Crippen LogP contribution in [0.2, 0.25) is 0 Å². The summed E-state index contributed by atoms with van der Waals surface area (Å²) in [4.78, 5) is 0. The average molecular weight is 269 g/mol. The lowest BCUT2D eigenvalue weighted by atomic mass is 10.1. The van der Waals surface area contributed by atoms with Crippen molar-refractivity contribution >= 4 is 5.69 Å². The number of hydrogen-bond donors (Lipinski definition) is 1. The van der Waals surface area contributed by atoms with E-state index < -0.39 is 0 Å². The Labute approximate surface area is 121 Å². The lowest BCUT2D eigenvalue weighted by molar-refractivity contribution is 0.319. The van der Waals surface area contributed by atoms with Gasteiger partial charge in [-0.1, -0.05) is 37.3 Å². The van der Waals surface area contributed by atoms with Crippen molar-refractivity contribution in [2.75, 3.05) is 11.9 Å². The molecule has 2 nitrogen and oxygen atoms in total. The van der Waals surface area contributed by atoms with E-state index in [-0.39, 0.29) is 0 Å². The first kappa shape index (κ1) is 14.4. The van der Waals surface area contributed by atoms with E-state index >= 15 is 0 Å². The lowest BCUT2D eigenvalue weighted by Crippen LogP contribution is -2.03. The van der Waals surface area contributed by atoms with Crippen molar-refractivity contribution in [3.05, 3.63) is 59.2 Å². The molecule has 0 spiro atoms. The van der Waals surface area contributed by atoms with Gasteiger partial charge < -0.3 is 10.1 Å². The summed E-state index contributed by atoms with van der Waals surface area (Å²) >= 11 is 0. The zero-order valence-electron chi connectivity index (χ0n) is 12.6. The van der Waals surface area contributed by atoms with Crippen molar-refractivity contribution < 1.29 is 4.74 Å². The van der Waals surface area contributed by atoms with Gasteiger partial charge in [0.1, 0.15) is 5.75 Å². The van der Waals surface area contributed by atoms with Crippen molar-refractivity contribution in [3.8, 4) is 5.75 Å². The minimum atomic E-state index is 0.752. The highest BCUT2D eigenvalue weighted by molar-refractivity contribution is 5.56. The summed E-state index contributed by atoms with van der Waals surface area (Å²) in [6.07, 6.45) is 1.02. The van der Waals surface area contributed by atoms with Gasteiger partial charge in [-0.15, -0.1) is 0 Å². The van der Waals surface area contributed by atoms with E-state index in [1.807, 2.05) is 18.2 Å². The fourth-order valence-corrected chi connectivity index (χ4v) is 2.06. The Morgan fingerprint density at radius 3 is 2.55 bits per heavy atom. The predicted molar refractivity (Wildman–Crippen MR) is 85.5 cm³/mol. The third-order valence-corrected chi connectivity index (χ3v) is 3.40. The molecule has 0 saturated heterocycles. The Balaban J connectivity index is 2.04.